The quantitative estimate of drug-likeness (QED) is 0.905. The lowest BCUT2D eigenvalue weighted by molar-refractivity contribution is 0.171. The Morgan fingerprint density at radius 3 is 2.78 bits per heavy atom. The standard InChI is InChI=1S/C13H13NO3S/c1-8(15)13-14-10(7-18-13)9-2-3-11-12(6-9)17-5-4-16-11/h2-3,6-8,15H,4-5H2,1H3. The molecule has 2 heterocycles. The van der Waals surface area contributed by atoms with Gasteiger partial charge in [0.25, 0.3) is 0 Å². The smallest absolute Gasteiger partial charge is 0.162 e. The minimum atomic E-state index is -0.527. The van der Waals surface area contributed by atoms with Gasteiger partial charge in [-0.1, -0.05) is 0 Å². The first-order valence-electron chi connectivity index (χ1n) is 5.77. The SMILES string of the molecule is CC(O)c1nc(-c2ccc3c(c2)OCCO3)cs1. The number of rotatable bonds is 2. The highest BCUT2D eigenvalue weighted by Crippen LogP contribution is 2.35. The van der Waals surface area contributed by atoms with E-state index in [2.05, 4.69) is 4.98 Å². The van der Waals surface area contributed by atoms with Gasteiger partial charge in [-0.05, 0) is 25.1 Å². The summed E-state index contributed by atoms with van der Waals surface area (Å²) in [6, 6.07) is 5.77. The number of aliphatic hydroxyl groups is 1. The second-order valence-corrected chi connectivity index (χ2v) is 5.00. The van der Waals surface area contributed by atoms with E-state index in [4.69, 9.17) is 9.47 Å². The summed E-state index contributed by atoms with van der Waals surface area (Å²) >= 11 is 1.46. The molecule has 94 valence electrons. The molecule has 0 amide bonds. The summed E-state index contributed by atoms with van der Waals surface area (Å²) in [6.07, 6.45) is -0.527. The maximum Gasteiger partial charge on any atom is 0.162 e. The average Bonchev–Trinajstić information content (AvgIpc) is 2.88. The van der Waals surface area contributed by atoms with Gasteiger partial charge in [-0.15, -0.1) is 11.3 Å². The van der Waals surface area contributed by atoms with E-state index in [1.165, 1.54) is 11.3 Å². The number of hydrogen-bond acceptors (Lipinski definition) is 5. The van der Waals surface area contributed by atoms with Gasteiger partial charge < -0.3 is 14.6 Å². The van der Waals surface area contributed by atoms with Crippen molar-refractivity contribution in [3.05, 3.63) is 28.6 Å². The molecule has 0 saturated carbocycles. The van der Waals surface area contributed by atoms with E-state index in [1.807, 2.05) is 23.6 Å². The van der Waals surface area contributed by atoms with Crippen LogP contribution in [-0.2, 0) is 0 Å². The van der Waals surface area contributed by atoms with Crippen LogP contribution in [0.5, 0.6) is 11.5 Å². The van der Waals surface area contributed by atoms with Crippen LogP contribution in [0, 0.1) is 0 Å². The van der Waals surface area contributed by atoms with E-state index in [1.54, 1.807) is 6.92 Å². The summed E-state index contributed by atoms with van der Waals surface area (Å²) in [5, 5.41) is 12.1. The summed E-state index contributed by atoms with van der Waals surface area (Å²) in [5.74, 6) is 1.53. The number of aromatic nitrogens is 1. The zero-order valence-corrected chi connectivity index (χ0v) is 10.7. The Balaban J connectivity index is 1.95. The Labute approximate surface area is 109 Å². The second-order valence-electron chi connectivity index (χ2n) is 4.11. The van der Waals surface area contributed by atoms with Crippen LogP contribution in [0.15, 0.2) is 23.6 Å². The maximum absolute atomic E-state index is 9.48. The Morgan fingerprint density at radius 1 is 1.28 bits per heavy atom. The van der Waals surface area contributed by atoms with Crippen molar-refractivity contribution in [3.63, 3.8) is 0 Å². The fraction of sp³-hybridized carbons (Fsp3) is 0.308. The van der Waals surface area contributed by atoms with Crippen molar-refractivity contribution in [1.29, 1.82) is 0 Å². The first-order chi connectivity index (χ1) is 8.74. The van der Waals surface area contributed by atoms with Crippen molar-refractivity contribution >= 4 is 11.3 Å². The number of benzene rings is 1. The van der Waals surface area contributed by atoms with E-state index >= 15 is 0 Å². The third kappa shape index (κ3) is 2.07. The first-order valence-corrected chi connectivity index (χ1v) is 6.65. The molecule has 1 atom stereocenters. The van der Waals surface area contributed by atoms with Gasteiger partial charge in [0.05, 0.1) is 5.69 Å². The van der Waals surface area contributed by atoms with E-state index in [0.717, 1.165) is 27.8 Å². The molecule has 0 bridgehead atoms. The lowest BCUT2D eigenvalue weighted by Gasteiger charge is -2.18. The predicted molar refractivity (Wildman–Crippen MR) is 69.2 cm³/mol. The van der Waals surface area contributed by atoms with Gasteiger partial charge in [-0.3, -0.25) is 0 Å². The van der Waals surface area contributed by atoms with Gasteiger partial charge in [0.15, 0.2) is 11.5 Å². The topological polar surface area (TPSA) is 51.6 Å². The van der Waals surface area contributed by atoms with Crippen LogP contribution in [0.2, 0.25) is 0 Å². The van der Waals surface area contributed by atoms with Crippen molar-refractivity contribution in [2.45, 2.75) is 13.0 Å². The molecule has 0 spiro atoms. The van der Waals surface area contributed by atoms with Crippen molar-refractivity contribution in [1.82, 2.24) is 4.98 Å². The molecule has 0 aliphatic carbocycles. The van der Waals surface area contributed by atoms with Crippen molar-refractivity contribution < 1.29 is 14.6 Å². The van der Waals surface area contributed by atoms with Crippen molar-refractivity contribution in [3.8, 4) is 22.8 Å². The van der Waals surface area contributed by atoms with E-state index < -0.39 is 6.10 Å². The number of nitrogens with zero attached hydrogens (tertiary/aromatic N) is 1. The zero-order valence-electron chi connectivity index (χ0n) is 9.92. The number of thiazole rings is 1. The highest BCUT2D eigenvalue weighted by Gasteiger charge is 2.14. The molecular formula is C13H13NO3S. The van der Waals surface area contributed by atoms with E-state index in [9.17, 15) is 5.11 Å². The zero-order chi connectivity index (χ0) is 12.5. The first kappa shape index (κ1) is 11.5. The molecule has 1 aliphatic heterocycles. The van der Waals surface area contributed by atoms with Crippen LogP contribution in [-0.4, -0.2) is 23.3 Å². The number of aliphatic hydroxyl groups excluding tert-OH is 1. The molecule has 4 nitrogen and oxygen atoms in total. The number of fused-ring (bicyclic) bond motifs is 1. The number of ether oxygens (including phenoxy) is 2. The van der Waals surface area contributed by atoms with Crippen LogP contribution in [0.1, 0.15) is 18.0 Å². The molecule has 1 aromatic heterocycles. The molecule has 2 aromatic rings. The highest BCUT2D eigenvalue weighted by atomic mass is 32.1. The van der Waals surface area contributed by atoms with Gasteiger partial charge in [-0.25, -0.2) is 4.98 Å². The molecule has 18 heavy (non-hydrogen) atoms. The Hall–Kier alpha value is -1.59. The van der Waals surface area contributed by atoms with Crippen molar-refractivity contribution in [2.75, 3.05) is 13.2 Å². The second kappa shape index (κ2) is 4.59. The van der Waals surface area contributed by atoms with Crippen LogP contribution in [0.3, 0.4) is 0 Å². The minimum Gasteiger partial charge on any atom is -0.486 e. The Morgan fingerprint density at radius 2 is 2.06 bits per heavy atom. The third-order valence-corrected chi connectivity index (χ3v) is 3.73. The molecule has 0 fully saturated rings. The maximum atomic E-state index is 9.48. The van der Waals surface area contributed by atoms with Crippen molar-refractivity contribution in [2.24, 2.45) is 0 Å². The van der Waals surface area contributed by atoms with Gasteiger partial charge in [0.2, 0.25) is 0 Å². The predicted octanol–water partition coefficient (Wildman–Crippen LogP) is 2.63. The highest BCUT2D eigenvalue weighted by molar-refractivity contribution is 7.10. The molecule has 0 saturated heterocycles. The molecular weight excluding hydrogens is 250 g/mol. The lowest BCUT2D eigenvalue weighted by atomic mass is 10.1. The van der Waals surface area contributed by atoms with Gasteiger partial charge in [-0.2, -0.15) is 0 Å². The fourth-order valence-corrected chi connectivity index (χ4v) is 2.58. The fourth-order valence-electron chi connectivity index (χ4n) is 1.81. The Bertz CT molecular complexity index is 565. The molecule has 1 aromatic carbocycles. The van der Waals surface area contributed by atoms with Crippen LogP contribution < -0.4 is 9.47 Å². The van der Waals surface area contributed by atoms with Crippen LogP contribution >= 0.6 is 11.3 Å². The van der Waals surface area contributed by atoms with Gasteiger partial charge in [0, 0.05) is 10.9 Å². The summed E-state index contributed by atoms with van der Waals surface area (Å²) in [7, 11) is 0. The van der Waals surface area contributed by atoms with E-state index in [0.29, 0.717) is 13.2 Å². The van der Waals surface area contributed by atoms with Crippen LogP contribution in [0.4, 0.5) is 0 Å². The monoisotopic (exact) mass is 263 g/mol. The largest absolute Gasteiger partial charge is 0.486 e. The minimum absolute atomic E-state index is 0.527. The molecule has 1 unspecified atom stereocenters. The van der Waals surface area contributed by atoms with E-state index in [-0.39, 0.29) is 0 Å². The lowest BCUT2D eigenvalue weighted by Crippen LogP contribution is -2.15. The summed E-state index contributed by atoms with van der Waals surface area (Å²) < 4.78 is 11.0. The van der Waals surface area contributed by atoms with Gasteiger partial charge >= 0.3 is 0 Å². The summed E-state index contributed by atoms with van der Waals surface area (Å²) in [6.45, 7) is 2.88. The van der Waals surface area contributed by atoms with Gasteiger partial charge in [0.1, 0.15) is 24.3 Å². The molecule has 5 heteroatoms. The summed E-state index contributed by atoms with van der Waals surface area (Å²) in [5.41, 5.74) is 1.83. The number of hydrogen-bond donors (Lipinski definition) is 1. The van der Waals surface area contributed by atoms with Crippen LogP contribution in [0.25, 0.3) is 11.3 Å². The normalized spacial score (nSPS) is 15.4. The molecule has 3 rings (SSSR count). The molecule has 1 aliphatic rings. The average molecular weight is 263 g/mol. The Kier molecular flexibility index (Phi) is 2.93. The third-order valence-electron chi connectivity index (χ3n) is 2.72. The summed E-state index contributed by atoms with van der Waals surface area (Å²) in [4.78, 5) is 4.40. The molecule has 0 radical (unpaired) electrons. The molecule has 1 N–H and O–H groups in total.